The first-order valence-electron chi connectivity index (χ1n) is 31.8. The van der Waals surface area contributed by atoms with Gasteiger partial charge >= 0.3 is 0 Å². The van der Waals surface area contributed by atoms with Gasteiger partial charge in [0, 0.05) is 6.42 Å². The Bertz CT molecular complexity index is 1690. The zero-order chi connectivity index (χ0) is 60.7. The molecule has 0 aromatic carbocycles. The maximum absolute atomic E-state index is 13.4. The molecule has 23 nitrogen and oxygen atoms in total. The van der Waals surface area contributed by atoms with E-state index in [0.717, 1.165) is 44.9 Å². The van der Waals surface area contributed by atoms with Crippen LogP contribution in [0.5, 0.6) is 0 Å². The second-order valence-electron chi connectivity index (χ2n) is 23.6. The molecule has 22 atom stereocenters. The lowest BCUT2D eigenvalue weighted by atomic mass is 9.95. The summed E-state index contributed by atoms with van der Waals surface area (Å²) in [4.78, 5) is 13.4. The van der Waals surface area contributed by atoms with E-state index in [-0.39, 0.29) is 12.3 Å². The number of amides is 1. The second-order valence-corrected chi connectivity index (χ2v) is 23.6. The lowest BCUT2D eigenvalue weighted by Crippen LogP contribution is -2.68. The fourth-order valence-electron chi connectivity index (χ4n) is 11.2. The van der Waals surface area contributed by atoms with Gasteiger partial charge in [0.2, 0.25) is 5.91 Å². The zero-order valence-corrected chi connectivity index (χ0v) is 50.0. The summed E-state index contributed by atoms with van der Waals surface area (Å²) < 4.78 is 47.3. The summed E-state index contributed by atoms with van der Waals surface area (Å²) in [7, 11) is 0. The number of unbranched alkanes of at least 4 members (excludes halogenated alkanes) is 25. The smallest absolute Gasteiger partial charge is 0.220 e. The first-order chi connectivity index (χ1) is 40.0. The van der Waals surface area contributed by atoms with Crippen LogP contribution < -0.4 is 5.32 Å². The topological polar surface area (TPSA) is 366 Å². The molecule has 0 saturated carbocycles. The van der Waals surface area contributed by atoms with Gasteiger partial charge in [0.05, 0.1) is 44.7 Å². The van der Waals surface area contributed by atoms with Crippen molar-refractivity contribution >= 4 is 5.91 Å². The molecule has 4 heterocycles. The molecule has 4 aliphatic heterocycles. The number of ether oxygens (including phenoxy) is 8. The Labute approximate surface area is 493 Å². The van der Waals surface area contributed by atoms with Crippen molar-refractivity contribution in [3.05, 3.63) is 12.2 Å². The summed E-state index contributed by atoms with van der Waals surface area (Å²) in [5.74, 6) is -0.311. The Hall–Kier alpha value is -1.63. The summed E-state index contributed by atoms with van der Waals surface area (Å²) >= 11 is 0. The van der Waals surface area contributed by atoms with Crippen LogP contribution in [0.25, 0.3) is 0 Å². The summed E-state index contributed by atoms with van der Waals surface area (Å²) in [6.07, 6.45) is -1.81. The number of hydrogen-bond acceptors (Lipinski definition) is 22. The fraction of sp³-hybridized carbons (Fsp3) is 0.950. The summed E-state index contributed by atoms with van der Waals surface area (Å²) in [6, 6.07) is -1.03. The van der Waals surface area contributed by atoms with Gasteiger partial charge in [0.25, 0.3) is 0 Å². The van der Waals surface area contributed by atoms with Crippen LogP contribution in [0, 0.1) is 0 Å². The highest BCUT2D eigenvalue weighted by Gasteiger charge is 2.56. The maximum Gasteiger partial charge on any atom is 0.220 e. The first-order valence-corrected chi connectivity index (χ1v) is 31.8. The minimum atomic E-state index is -2.02. The Morgan fingerprint density at radius 2 is 0.855 bits per heavy atom. The molecule has 4 saturated heterocycles. The Morgan fingerprint density at radius 1 is 0.446 bits per heavy atom. The van der Waals surface area contributed by atoms with E-state index in [2.05, 4.69) is 19.2 Å². The third kappa shape index (κ3) is 24.7. The normalized spacial score (nSPS) is 35.0. The van der Waals surface area contributed by atoms with Crippen LogP contribution in [0.15, 0.2) is 12.2 Å². The molecule has 488 valence electrons. The van der Waals surface area contributed by atoms with Gasteiger partial charge in [-0.3, -0.25) is 4.79 Å². The van der Waals surface area contributed by atoms with Crippen LogP contribution >= 0.6 is 0 Å². The van der Waals surface area contributed by atoms with Gasteiger partial charge in [0.1, 0.15) is 91.6 Å². The van der Waals surface area contributed by atoms with E-state index in [0.29, 0.717) is 12.8 Å². The number of aliphatic hydroxyl groups excluding tert-OH is 13. The number of nitrogens with one attached hydrogen (secondary N) is 1. The van der Waals surface area contributed by atoms with E-state index in [1.807, 2.05) is 6.08 Å². The third-order valence-electron chi connectivity index (χ3n) is 16.7. The maximum atomic E-state index is 13.4. The molecule has 0 aliphatic carbocycles. The van der Waals surface area contributed by atoms with Gasteiger partial charge in [-0.05, 0) is 26.2 Å². The molecule has 4 rings (SSSR count). The van der Waals surface area contributed by atoms with E-state index in [1.54, 1.807) is 6.08 Å². The standard InChI is InChI=1S/C60H111NO22/c1-4-6-8-10-12-14-16-18-19-21-23-25-27-29-31-33-44(66)61-39(40(65)32-30-28-26-24-22-20-17-15-13-11-9-7-5-2)37-76-57-53(75)50(72)54(43(36-64)80-57)81-60-56(83-58-51(73)48(70)45(67)38(3)77-58)55(47(69)42(35-63)79-60)82-59-52(74)49(71)46(68)41(34-62)78-59/h30,32,38-43,45-60,62-65,67-75H,4-29,31,33-37H2,1-3H3,(H,61,66)/b32-30+/t38-,39-,40+,41+,42+,43+,45+,46-,47-,48+,49-,50+,51-,52+,53+,54+,55-,56+,57+,58-,59+,60-/m0/s1. The van der Waals surface area contributed by atoms with Crippen LogP contribution in [0.4, 0.5) is 0 Å². The van der Waals surface area contributed by atoms with E-state index in [1.165, 1.54) is 122 Å². The third-order valence-corrected chi connectivity index (χ3v) is 16.7. The number of aliphatic hydroxyl groups is 13. The van der Waals surface area contributed by atoms with E-state index < -0.39 is 161 Å². The lowest BCUT2D eigenvalue weighted by Gasteiger charge is -2.50. The SMILES string of the molecule is CCCCCCCCCCCCC/C=C/[C@@H](O)[C@H](CO[C@@H]1O[C@H](CO)[C@@H](O[C@@H]2O[C@H](CO)[C@H](O)[C@H](O[C@H]3O[C@H](CO)[C@H](O)[C@H](O)[C@H]3O)[C@H]2O[C@@H]2O[C@@H](C)[C@@H](O)[C@@H](O)[C@@H]2O)[C@H](O)[C@H]1O)NC(=O)CCCCCCCCCCCCCCCCC. The first kappa shape index (κ1) is 73.8. The molecule has 4 aliphatic rings. The molecular formula is C60H111NO22. The summed E-state index contributed by atoms with van der Waals surface area (Å²) in [6.45, 7) is 2.72. The van der Waals surface area contributed by atoms with Crippen molar-refractivity contribution < 1.29 is 109 Å². The van der Waals surface area contributed by atoms with Crippen LogP contribution in [-0.4, -0.2) is 234 Å². The van der Waals surface area contributed by atoms with Crippen LogP contribution in [-0.2, 0) is 42.7 Å². The molecule has 83 heavy (non-hydrogen) atoms. The highest BCUT2D eigenvalue weighted by Crippen LogP contribution is 2.36. The number of carbonyl (C=O) groups is 1. The van der Waals surface area contributed by atoms with Crippen molar-refractivity contribution in [3.8, 4) is 0 Å². The average Bonchev–Trinajstić information content (AvgIpc) is 2.93. The minimum Gasteiger partial charge on any atom is -0.394 e. The lowest BCUT2D eigenvalue weighted by molar-refractivity contribution is -0.405. The summed E-state index contributed by atoms with van der Waals surface area (Å²) in [5.41, 5.74) is 0. The molecule has 0 aromatic heterocycles. The monoisotopic (exact) mass is 1200 g/mol. The van der Waals surface area contributed by atoms with Crippen molar-refractivity contribution in [2.45, 2.75) is 336 Å². The zero-order valence-electron chi connectivity index (χ0n) is 50.0. The largest absolute Gasteiger partial charge is 0.394 e. The Morgan fingerprint density at radius 3 is 1.37 bits per heavy atom. The predicted octanol–water partition coefficient (Wildman–Crippen LogP) is 2.67. The van der Waals surface area contributed by atoms with Gasteiger partial charge in [-0.15, -0.1) is 0 Å². The molecule has 0 spiro atoms. The Balaban J connectivity index is 1.42. The molecular weight excluding hydrogens is 1090 g/mol. The molecule has 14 N–H and O–H groups in total. The average molecular weight is 1200 g/mol. The van der Waals surface area contributed by atoms with Crippen LogP contribution in [0.1, 0.15) is 201 Å². The molecule has 0 aromatic rings. The highest BCUT2D eigenvalue weighted by atomic mass is 16.8. The Kier molecular flexibility index (Phi) is 37.0. The molecule has 23 heteroatoms. The van der Waals surface area contributed by atoms with Crippen molar-refractivity contribution in [3.63, 3.8) is 0 Å². The highest BCUT2D eigenvalue weighted by molar-refractivity contribution is 5.76. The number of allylic oxidation sites excluding steroid dienone is 1. The van der Waals surface area contributed by atoms with Crippen molar-refractivity contribution in [2.24, 2.45) is 0 Å². The van der Waals surface area contributed by atoms with E-state index in [9.17, 15) is 71.2 Å². The predicted molar refractivity (Wildman–Crippen MR) is 304 cm³/mol. The molecule has 4 fully saturated rings. The minimum absolute atomic E-state index is 0.209. The number of hydrogen-bond donors (Lipinski definition) is 14. The fourth-order valence-corrected chi connectivity index (χ4v) is 11.2. The summed E-state index contributed by atoms with van der Waals surface area (Å²) in [5, 5.41) is 144. The molecule has 0 bridgehead atoms. The second kappa shape index (κ2) is 41.6. The van der Waals surface area contributed by atoms with Crippen molar-refractivity contribution in [1.82, 2.24) is 5.32 Å². The molecule has 1 amide bonds. The van der Waals surface area contributed by atoms with Gasteiger partial charge < -0.3 is 110 Å². The van der Waals surface area contributed by atoms with E-state index >= 15 is 0 Å². The number of carbonyl (C=O) groups excluding carboxylic acids is 1. The van der Waals surface area contributed by atoms with Gasteiger partial charge in [-0.1, -0.05) is 180 Å². The van der Waals surface area contributed by atoms with E-state index in [4.69, 9.17) is 37.9 Å². The van der Waals surface area contributed by atoms with Gasteiger partial charge in [0.15, 0.2) is 25.2 Å². The quantitative estimate of drug-likeness (QED) is 0.0308. The van der Waals surface area contributed by atoms with Crippen molar-refractivity contribution in [2.75, 3.05) is 26.4 Å². The van der Waals surface area contributed by atoms with Crippen LogP contribution in [0.2, 0.25) is 0 Å². The van der Waals surface area contributed by atoms with Gasteiger partial charge in [-0.2, -0.15) is 0 Å². The molecule has 0 radical (unpaired) electrons. The van der Waals surface area contributed by atoms with Crippen molar-refractivity contribution in [1.29, 1.82) is 0 Å². The number of rotatable bonds is 43. The van der Waals surface area contributed by atoms with Crippen LogP contribution in [0.3, 0.4) is 0 Å². The van der Waals surface area contributed by atoms with Gasteiger partial charge in [-0.25, -0.2) is 0 Å². The molecule has 0 unspecified atom stereocenters.